The lowest BCUT2D eigenvalue weighted by atomic mass is 10.2. The van der Waals surface area contributed by atoms with Gasteiger partial charge >= 0.3 is 0 Å². The molecule has 1 aromatic heterocycles. The Hall–Kier alpha value is -1.95. The quantitative estimate of drug-likeness (QED) is 0.534. The molecule has 0 unspecified atom stereocenters. The van der Waals surface area contributed by atoms with Crippen molar-refractivity contribution in [2.45, 2.75) is 0 Å². The number of H-pyrrole nitrogens is 2. The maximum absolute atomic E-state index is 9.44. The highest BCUT2D eigenvalue weighted by Gasteiger charge is 1.95. The number of aromatic hydroxyl groups is 1. The van der Waals surface area contributed by atoms with Crippen molar-refractivity contribution in [2.75, 3.05) is 0 Å². The largest absolute Gasteiger partial charge is 0.507 e. The summed E-state index contributed by atoms with van der Waals surface area (Å²) in [7, 11) is 0. The van der Waals surface area contributed by atoms with E-state index in [1.807, 2.05) is 6.07 Å². The third-order valence-electron chi connectivity index (χ3n) is 1.75. The van der Waals surface area contributed by atoms with Crippen molar-refractivity contribution in [3.05, 3.63) is 34.6 Å². The average molecular weight is 220 g/mol. The predicted molar refractivity (Wildman–Crippen MR) is 59.1 cm³/mol. The van der Waals surface area contributed by atoms with Crippen molar-refractivity contribution in [1.82, 2.24) is 15.2 Å². The molecule has 1 heterocycles. The summed E-state index contributed by atoms with van der Waals surface area (Å²) in [5.41, 5.74) is 0.625. The highest BCUT2D eigenvalue weighted by molar-refractivity contribution is 7.71. The van der Waals surface area contributed by atoms with E-state index in [1.54, 1.807) is 18.2 Å². The van der Waals surface area contributed by atoms with Crippen LogP contribution < -0.4 is 0 Å². The number of para-hydroxylation sites is 1. The molecule has 0 fully saturated rings. The van der Waals surface area contributed by atoms with Crippen LogP contribution in [0.2, 0.25) is 0 Å². The molecule has 2 aromatic rings. The van der Waals surface area contributed by atoms with E-state index in [-0.39, 0.29) is 5.75 Å². The zero-order chi connectivity index (χ0) is 10.7. The first-order valence-corrected chi connectivity index (χ1v) is 4.63. The Balaban J connectivity index is 2.26. The van der Waals surface area contributed by atoms with E-state index >= 15 is 0 Å². The summed E-state index contributed by atoms with van der Waals surface area (Å²) in [6.45, 7) is 0. The van der Waals surface area contributed by atoms with E-state index in [0.29, 0.717) is 16.3 Å². The molecular weight excluding hydrogens is 212 g/mol. The highest BCUT2D eigenvalue weighted by Crippen LogP contribution is 2.13. The van der Waals surface area contributed by atoms with Crippen molar-refractivity contribution >= 4 is 24.4 Å². The van der Waals surface area contributed by atoms with Crippen LogP contribution in [0, 0.1) is 4.77 Å². The molecule has 5 nitrogen and oxygen atoms in total. The zero-order valence-electron chi connectivity index (χ0n) is 7.64. The first-order chi connectivity index (χ1) is 7.25. The summed E-state index contributed by atoms with van der Waals surface area (Å²) in [6, 6.07) is 6.90. The molecule has 2 rings (SSSR count). The molecule has 0 bridgehead atoms. The molecular formula is C9H8N4OS. The van der Waals surface area contributed by atoms with Crippen LogP contribution in [0.3, 0.4) is 0 Å². The van der Waals surface area contributed by atoms with Gasteiger partial charge in [-0.15, -0.1) is 0 Å². The van der Waals surface area contributed by atoms with Crippen molar-refractivity contribution in [2.24, 2.45) is 4.99 Å². The van der Waals surface area contributed by atoms with Gasteiger partial charge in [-0.2, -0.15) is 4.98 Å². The summed E-state index contributed by atoms with van der Waals surface area (Å²) in [6.07, 6.45) is 1.51. The Kier molecular flexibility index (Phi) is 2.59. The zero-order valence-corrected chi connectivity index (χ0v) is 8.45. The molecule has 0 saturated heterocycles. The van der Waals surface area contributed by atoms with Crippen molar-refractivity contribution < 1.29 is 5.11 Å². The molecule has 15 heavy (non-hydrogen) atoms. The van der Waals surface area contributed by atoms with Gasteiger partial charge in [-0.1, -0.05) is 12.1 Å². The number of hydrogen-bond donors (Lipinski definition) is 3. The Morgan fingerprint density at radius 1 is 1.33 bits per heavy atom. The number of rotatable bonds is 2. The fraction of sp³-hybridized carbons (Fsp3) is 0. The van der Waals surface area contributed by atoms with Crippen LogP contribution in [0.1, 0.15) is 5.56 Å². The number of nitrogens with zero attached hydrogens (tertiary/aromatic N) is 2. The van der Waals surface area contributed by atoms with Gasteiger partial charge in [0.2, 0.25) is 10.7 Å². The standard InChI is InChI=1S/C9H8N4OS/c14-7-4-2-1-3-6(7)5-10-8-11-9(15)13-12-8/h1-5,14H,(H2,11,12,13,15). The van der Waals surface area contributed by atoms with Crippen LogP contribution in [0.4, 0.5) is 5.95 Å². The lowest BCUT2D eigenvalue weighted by Crippen LogP contribution is -1.81. The van der Waals surface area contributed by atoms with Gasteiger partial charge in [0.15, 0.2) is 0 Å². The predicted octanol–water partition coefficient (Wildman–Crippen LogP) is 1.92. The number of phenols is 1. The number of benzene rings is 1. The van der Waals surface area contributed by atoms with Crippen LogP contribution in [0.5, 0.6) is 5.75 Å². The number of hydrogen-bond acceptors (Lipinski definition) is 4. The van der Waals surface area contributed by atoms with Gasteiger partial charge in [0.1, 0.15) is 5.75 Å². The van der Waals surface area contributed by atoms with Crippen LogP contribution in [-0.2, 0) is 0 Å². The van der Waals surface area contributed by atoms with Gasteiger partial charge in [-0.3, -0.25) is 10.2 Å². The topological polar surface area (TPSA) is 77.1 Å². The summed E-state index contributed by atoms with van der Waals surface area (Å²) < 4.78 is 0.347. The Bertz CT molecular complexity index is 543. The lowest BCUT2D eigenvalue weighted by Gasteiger charge is -1.94. The fourth-order valence-electron chi connectivity index (χ4n) is 1.05. The first-order valence-electron chi connectivity index (χ1n) is 4.22. The number of phenolic OH excluding ortho intramolecular Hbond substituents is 1. The molecule has 0 saturated carbocycles. The van der Waals surface area contributed by atoms with E-state index in [1.165, 1.54) is 6.21 Å². The van der Waals surface area contributed by atoms with Gasteiger partial charge in [-0.05, 0) is 24.4 Å². The van der Waals surface area contributed by atoms with Crippen LogP contribution in [0.25, 0.3) is 0 Å². The maximum Gasteiger partial charge on any atom is 0.244 e. The third kappa shape index (κ3) is 2.29. The summed E-state index contributed by atoms with van der Waals surface area (Å²) in [4.78, 5) is 7.89. The Morgan fingerprint density at radius 3 is 2.80 bits per heavy atom. The second kappa shape index (κ2) is 4.05. The molecule has 0 aliphatic rings. The SMILES string of the molecule is Oc1ccccc1C=Nc1nc(=S)[nH][nH]1. The van der Waals surface area contributed by atoms with Gasteiger partial charge < -0.3 is 5.11 Å². The number of aliphatic imine (C=N–C) groups is 1. The van der Waals surface area contributed by atoms with Crippen LogP contribution >= 0.6 is 12.2 Å². The number of aromatic nitrogens is 3. The molecule has 0 atom stereocenters. The van der Waals surface area contributed by atoms with Crippen LogP contribution in [0.15, 0.2) is 29.3 Å². The van der Waals surface area contributed by atoms with E-state index in [0.717, 1.165) is 0 Å². The highest BCUT2D eigenvalue weighted by atomic mass is 32.1. The van der Waals surface area contributed by atoms with Gasteiger partial charge in [0, 0.05) is 11.8 Å². The second-order valence-electron chi connectivity index (χ2n) is 2.81. The third-order valence-corrected chi connectivity index (χ3v) is 1.94. The molecule has 0 amide bonds. The van der Waals surface area contributed by atoms with Crippen molar-refractivity contribution in [3.8, 4) is 5.75 Å². The van der Waals surface area contributed by atoms with Gasteiger partial charge in [0.05, 0.1) is 0 Å². The normalized spacial score (nSPS) is 10.9. The summed E-state index contributed by atoms with van der Waals surface area (Å²) >= 11 is 4.77. The summed E-state index contributed by atoms with van der Waals surface area (Å²) in [5.74, 6) is 0.554. The molecule has 0 spiro atoms. The van der Waals surface area contributed by atoms with E-state index < -0.39 is 0 Å². The van der Waals surface area contributed by atoms with Gasteiger partial charge in [0.25, 0.3) is 0 Å². The first kappa shape index (κ1) is 9.60. The molecule has 0 aliphatic carbocycles. The van der Waals surface area contributed by atoms with E-state index in [4.69, 9.17) is 12.2 Å². The number of aromatic amines is 2. The maximum atomic E-state index is 9.44. The molecule has 0 aliphatic heterocycles. The van der Waals surface area contributed by atoms with E-state index in [9.17, 15) is 5.11 Å². The minimum Gasteiger partial charge on any atom is -0.507 e. The molecule has 0 radical (unpaired) electrons. The molecule has 76 valence electrons. The molecule has 3 N–H and O–H groups in total. The fourth-order valence-corrected chi connectivity index (χ4v) is 1.19. The molecule has 1 aromatic carbocycles. The van der Waals surface area contributed by atoms with E-state index in [2.05, 4.69) is 20.2 Å². The number of nitrogens with one attached hydrogen (secondary N) is 2. The minimum absolute atomic E-state index is 0.176. The Labute approximate surface area is 90.5 Å². The molecule has 6 heteroatoms. The van der Waals surface area contributed by atoms with Gasteiger partial charge in [-0.25, -0.2) is 4.99 Å². The Morgan fingerprint density at radius 2 is 2.13 bits per heavy atom. The summed E-state index contributed by atoms with van der Waals surface area (Å²) in [5, 5.41) is 14.7. The lowest BCUT2D eigenvalue weighted by molar-refractivity contribution is 0.474. The second-order valence-corrected chi connectivity index (χ2v) is 3.19. The minimum atomic E-state index is 0.176. The van der Waals surface area contributed by atoms with Crippen molar-refractivity contribution in [1.29, 1.82) is 0 Å². The van der Waals surface area contributed by atoms with Crippen LogP contribution in [-0.4, -0.2) is 26.5 Å². The average Bonchev–Trinajstić information content (AvgIpc) is 2.63. The van der Waals surface area contributed by atoms with Crippen molar-refractivity contribution in [3.63, 3.8) is 0 Å². The monoisotopic (exact) mass is 220 g/mol. The smallest absolute Gasteiger partial charge is 0.244 e.